The molecule has 96 valence electrons. The number of nitrogens with one attached hydrogen (secondary N) is 1. The Balaban J connectivity index is 2.51. The van der Waals surface area contributed by atoms with Gasteiger partial charge in [0.2, 0.25) is 0 Å². The van der Waals surface area contributed by atoms with Gasteiger partial charge in [-0.05, 0) is 30.2 Å². The number of rotatable bonds is 4. The van der Waals surface area contributed by atoms with Gasteiger partial charge in [-0.2, -0.15) is 0 Å². The molecule has 2 aromatic rings. The molecule has 1 unspecified atom stereocenters. The third kappa shape index (κ3) is 2.09. The Kier molecular flexibility index (Phi) is 3.34. The summed E-state index contributed by atoms with van der Waals surface area (Å²) >= 11 is 0. The molecule has 0 amide bonds. The minimum Gasteiger partial charge on any atom is -0.480 e. The van der Waals surface area contributed by atoms with Crippen LogP contribution in [-0.4, -0.2) is 22.1 Å². The number of benzene rings is 1. The van der Waals surface area contributed by atoms with Crippen LogP contribution in [-0.2, 0) is 4.79 Å². The van der Waals surface area contributed by atoms with Gasteiger partial charge in [-0.15, -0.1) is 0 Å². The van der Waals surface area contributed by atoms with E-state index in [9.17, 15) is 9.18 Å². The quantitative estimate of drug-likeness (QED) is 0.778. The van der Waals surface area contributed by atoms with E-state index in [1.807, 2.05) is 6.92 Å². The second-order valence-electron chi connectivity index (χ2n) is 4.31. The lowest BCUT2D eigenvalue weighted by Crippen LogP contribution is -2.36. The molecule has 1 aromatic heterocycles. The molecule has 0 radical (unpaired) electrons. The second-order valence-corrected chi connectivity index (χ2v) is 4.31. The predicted molar refractivity (Wildman–Crippen MR) is 66.9 cm³/mol. The smallest absolute Gasteiger partial charge is 0.321 e. The first-order valence-electron chi connectivity index (χ1n) is 5.79. The molecule has 1 aromatic carbocycles. The topological polar surface area (TPSA) is 79.1 Å². The number of aromatic amines is 1. The van der Waals surface area contributed by atoms with Gasteiger partial charge in [0.1, 0.15) is 11.9 Å². The predicted octanol–water partition coefficient (Wildman–Crippen LogP) is 2.21. The number of carboxylic acid groups (broad SMARTS) is 1. The molecule has 5 heteroatoms. The number of hydrogen-bond acceptors (Lipinski definition) is 2. The van der Waals surface area contributed by atoms with Crippen LogP contribution in [0, 0.1) is 5.82 Å². The van der Waals surface area contributed by atoms with Gasteiger partial charge in [0, 0.05) is 23.0 Å². The number of carboxylic acids is 1. The van der Waals surface area contributed by atoms with Crippen LogP contribution in [0.15, 0.2) is 24.4 Å². The highest BCUT2D eigenvalue weighted by Gasteiger charge is 2.26. The number of halogens is 1. The van der Waals surface area contributed by atoms with Crippen LogP contribution in [0.25, 0.3) is 10.9 Å². The van der Waals surface area contributed by atoms with E-state index in [0.717, 1.165) is 11.1 Å². The van der Waals surface area contributed by atoms with Crippen LogP contribution in [0.3, 0.4) is 0 Å². The monoisotopic (exact) mass is 250 g/mol. The number of carbonyl (C=O) groups is 1. The van der Waals surface area contributed by atoms with Crippen LogP contribution in [0.4, 0.5) is 4.39 Å². The molecule has 0 aliphatic rings. The van der Waals surface area contributed by atoms with E-state index in [-0.39, 0.29) is 11.7 Å². The van der Waals surface area contributed by atoms with E-state index in [4.69, 9.17) is 10.8 Å². The highest BCUT2D eigenvalue weighted by molar-refractivity contribution is 5.85. The standard InChI is InChI=1S/C13H15FN2O2/c1-2-8(12(15)13(17)18)10-6-16-11-4-3-7(14)5-9(10)11/h3-6,8,12,16H,2,15H2,1H3,(H,17,18)/t8?,12-/m0/s1. The summed E-state index contributed by atoms with van der Waals surface area (Å²) in [7, 11) is 0. The van der Waals surface area contributed by atoms with Crippen molar-refractivity contribution in [1.82, 2.24) is 4.98 Å². The van der Waals surface area contributed by atoms with E-state index in [0.29, 0.717) is 11.8 Å². The van der Waals surface area contributed by atoms with Gasteiger partial charge in [0.25, 0.3) is 0 Å². The maximum Gasteiger partial charge on any atom is 0.321 e. The third-order valence-electron chi connectivity index (χ3n) is 3.23. The zero-order chi connectivity index (χ0) is 13.3. The van der Waals surface area contributed by atoms with Crippen LogP contribution < -0.4 is 5.73 Å². The minimum atomic E-state index is -1.05. The zero-order valence-electron chi connectivity index (χ0n) is 9.98. The van der Waals surface area contributed by atoms with Crippen molar-refractivity contribution in [2.24, 2.45) is 5.73 Å². The van der Waals surface area contributed by atoms with Gasteiger partial charge in [0.15, 0.2) is 0 Å². The molecule has 0 bridgehead atoms. The first-order valence-corrected chi connectivity index (χ1v) is 5.79. The molecule has 0 aliphatic carbocycles. The van der Waals surface area contributed by atoms with Crippen molar-refractivity contribution in [3.05, 3.63) is 35.8 Å². The van der Waals surface area contributed by atoms with Crippen LogP contribution in [0.1, 0.15) is 24.8 Å². The first-order chi connectivity index (χ1) is 8.54. The Labute approximate surface area is 104 Å². The lowest BCUT2D eigenvalue weighted by molar-refractivity contribution is -0.139. The average Bonchev–Trinajstić information content (AvgIpc) is 2.73. The summed E-state index contributed by atoms with van der Waals surface area (Å²) in [6.07, 6.45) is 2.29. The third-order valence-corrected chi connectivity index (χ3v) is 3.23. The van der Waals surface area contributed by atoms with E-state index >= 15 is 0 Å². The van der Waals surface area contributed by atoms with Crippen LogP contribution >= 0.6 is 0 Å². The van der Waals surface area contributed by atoms with E-state index in [1.165, 1.54) is 12.1 Å². The fourth-order valence-corrected chi connectivity index (χ4v) is 2.26. The maximum atomic E-state index is 13.3. The summed E-state index contributed by atoms with van der Waals surface area (Å²) in [4.78, 5) is 14.0. The van der Waals surface area contributed by atoms with Gasteiger partial charge in [-0.3, -0.25) is 4.79 Å². The summed E-state index contributed by atoms with van der Waals surface area (Å²) < 4.78 is 13.3. The molecule has 0 spiro atoms. The summed E-state index contributed by atoms with van der Waals surface area (Å²) in [6, 6.07) is 3.41. The van der Waals surface area contributed by atoms with Gasteiger partial charge in [-0.25, -0.2) is 4.39 Å². The second kappa shape index (κ2) is 4.78. The first kappa shape index (κ1) is 12.6. The molecule has 18 heavy (non-hydrogen) atoms. The molecule has 4 nitrogen and oxygen atoms in total. The van der Waals surface area contributed by atoms with Crippen molar-refractivity contribution in [2.75, 3.05) is 0 Å². The molecule has 2 atom stereocenters. The number of fused-ring (bicyclic) bond motifs is 1. The summed E-state index contributed by atoms with van der Waals surface area (Å²) in [6.45, 7) is 1.87. The summed E-state index contributed by atoms with van der Waals surface area (Å²) in [5.41, 5.74) is 7.22. The summed E-state index contributed by atoms with van der Waals surface area (Å²) in [5.74, 6) is -1.73. The van der Waals surface area contributed by atoms with Gasteiger partial charge in [0.05, 0.1) is 0 Å². The van der Waals surface area contributed by atoms with Gasteiger partial charge in [-0.1, -0.05) is 6.92 Å². The number of aliphatic carboxylic acids is 1. The van der Waals surface area contributed by atoms with Gasteiger partial charge >= 0.3 is 5.97 Å². The number of aromatic nitrogens is 1. The lowest BCUT2D eigenvalue weighted by atomic mass is 9.89. The van der Waals surface area contributed by atoms with Crippen molar-refractivity contribution < 1.29 is 14.3 Å². The minimum absolute atomic E-state index is 0.335. The Morgan fingerprint density at radius 3 is 2.89 bits per heavy atom. The van der Waals surface area contributed by atoms with E-state index < -0.39 is 12.0 Å². The molecular formula is C13H15FN2O2. The Morgan fingerprint density at radius 2 is 2.28 bits per heavy atom. The summed E-state index contributed by atoms with van der Waals surface area (Å²) in [5, 5.41) is 9.69. The maximum absolute atomic E-state index is 13.3. The number of hydrogen-bond donors (Lipinski definition) is 3. The Morgan fingerprint density at radius 1 is 1.56 bits per heavy atom. The van der Waals surface area contributed by atoms with Crippen molar-refractivity contribution in [3.63, 3.8) is 0 Å². The van der Waals surface area contributed by atoms with Crippen molar-refractivity contribution >= 4 is 16.9 Å². The largest absolute Gasteiger partial charge is 0.480 e. The Bertz CT molecular complexity index is 579. The van der Waals surface area contributed by atoms with Gasteiger partial charge < -0.3 is 15.8 Å². The fraction of sp³-hybridized carbons (Fsp3) is 0.308. The Hall–Kier alpha value is -1.88. The molecule has 2 rings (SSSR count). The lowest BCUT2D eigenvalue weighted by Gasteiger charge is -2.18. The van der Waals surface area contributed by atoms with Crippen molar-refractivity contribution in [2.45, 2.75) is 25.3 Å². The SMILES string of the molecule is CCC(c1c[nH]c2ccc(F)cc12)[C@H](N)C(=O)O. The number of nitrogens with two attached hydrogens (primary N) is 1. The normalized spacial score (nSPS) is 14.6. The van der Waals surface area contributed by atoms with E-state index in [1.54, 1.807) is 12.3 Å². The average molecular weight is 250 g/mol. The molecular weight excluding hydrogens is 235 g/mol. The zero-order valence-corrected chi connectivity index (χ0v) is 9.98. The highest BCUT2D eigenvalue weighted by Crippen LogP contribution is 2.30. The molecule has 0 saturated carbocycles. The van der Waals surface area contributed by atoms with Crippen LogP contribution in [0.5, 0.6) is 0 Å². The van der Waals surface area contributed by atoms with Crippen molar-refractivity contribution in [1.29, 1.82) is 0 Å². The molecule has 0 fully saturated rings. The number of H-pyrrole nitrogens is 1. The van der Waals surface area contributed by atoms with Crippen molar-refractivity contribution in [3.8, 4) is 0 Å². The molecule has 0 aliphatic heterocycles. The highest BCUT2D eigenvalue weighted by atomic mass is 19.1. The fourth-order valence-electron chi connectivity index (χ4n) is 2.26. The van der Waals surface area contributed by atoms with E-state index in [2.05, 4.69) is 4.98 Å². The molecule has 0 saturated heterocycles. The molecule has 4 N–H and O–H groups in total. The van der Waals surface area contributed by atoms with Crippen LogP contribution in [0.2, 0.25) is 0 Å². The molecule has 1 heterocycles.